The number of anilines is 1. The van der Waals surface area contributed by atoms with Gasteiger partial charge in [-0.05, 0) is 78.9 Å². The Bertz CT molecular complexity index is 1840. The molecule has 202 valence electrons. The van der Waals surface area contributed by atoms with Crippen LogP contribution in [0.2, 0.25) is 5.02 Å². The molecule has 0 amide bonds. The molecule has 1 aliphatic heterocycles. The van der Waals surface area contributed by atoms with Gasteiger partial charge in [-0.2, -0.15) is 0 Å². The van der Waals surface area contributed by atoms with Crippen LogP contribution in [0.15, 0.2) is 115 Å². The minimum Gasteiger partial charge on any atom is -0.457 e. The standard InChI is InChI=1S/C35H28ClN3OS/c36-26-16-14-24(15-17-26)31-23-39-33(32(25-9-3-1-4-10-25)30-13-7-8-22-38(31)35(30)39)34(41)37-27-18-20-29(21-19-27)40-28-11-5-2-6-12-28/h1-6,9-12,14-21,23H,7-8,13,22H2,(H,37,41). The first-order valence-corrected chi connectivity index (χ1v) is 14.7. The summed E-state index contributed by atoms with van der Waals surface area (Å²) in [4.78, 5) is 0.683. The Hall–Kier alpha value is -4.32. The van der Waals surface area contributed by atoms with Gasteiger partial charge in [0.25, 0.3) is 0 Å². The Morgan fingerprint density at radius 3 is 2.17 bits per heavy atom. The summed E-state index contributed by atoms with van der Waals surface area (Å²) in [5, 5.41) is 4.27. The van der Waals surface area contributed by atoms with Gasteiger partial charge in [-0.1, -0.05) is 84.5 Å². The van der Waals surface area contributed by atoms with Gasteiger partial charge in [0.2, 0.25) is 0 Å². The van der Waals surface area contributed by atoms with Crippen molar-refractivity contribution in [2.75, 3.05) is 5.32 Å². The summed E-state index contributed by atoms with van der Waals surface area (Å²) in [5.74, 6) is 1.58. The van der Waals surface area contributed by atoms with Crippen LogP contribution in [-0.4, -0.2) is 14.0 Å². The quantitative estimate of drug-likeness (QED) is 0.201. The number of hydrogen-bond donors (Lipinski definition) is 1. The summed E-state index contributed by atoms with van der Waals surface area (Å²) < 4.78 is 10.7. The summed E-state index contributed by atoms with van der Waals surface area (Å²) in [6.07, 6.45) is 5.50. The molecule has 1 N–H and O–H groups in total. The van der Waals surface area contributed by atoms with E-state index in [0.29, 0.717) is 4.99 Å². The van der Waals surface area contributed by atoms with Crippen molar-refractivity contribution in [3.05, 3.63) is 132 Å². The molecule has 0 saturated heterocycles. The van der Waals surface area contributed by atoms with Crippen LogP contribution in [0.3, 0.4) is 0 Å². The first kappa shape index (κ1) is 25.6. The second kappa shape index (κ2) is 10.9. The van der Waals surface area contributed by atoms with Gasteiger partial charge in [-0.15, -0.1) is 0 Å². The van der Waals surface area contributed by atoms with E-state index in [1.165, 1.54) is 28.0 Å². The van der Waals surface area contributed by atoms with Crippen LogP contribution in [-0.2, 0) is 13.0 Å². The van der Waals surface area contributed by atoms with Gasteiger partial charge in [0.05, 0.1) is 11.4 Å². The topological polar surface area (TPSA) is 30.6 Å². The van der Waals surface area contributed by atoms with E-state index < -0.39 is 0 Å². The Morgan fingerprint density at radius 1 is 0.756 bits per heavy atom. The molecule has 1 aliphatic rings. The first-order chi connectivity index (χ1) is 20.2. The maximum absolute atomic E-state index is 6.23. The molecule has 0 aliphatic carbocycles. The molecule has 2 aromatic heterocycles. The summed E-state index contributed by atoms with van der Waals surface area (Å²) in [7, 11) is 0. The maximum Gasteiger partial charge on any atom is 0.128 e. The van der Waals surface area contributed by atoms with Crippen molar-refractivity contribution in [1.29, 1.82) is 0 Å². The van der Waals surface area contributed by atoms with E-state index in [2.05, 4.69) is 62.9 Å². The maximum atomic E-state index is 6.23. The molecule has 7 rings (SSSR count). The average molecular weight is 574 g/mol. The van der Waals surface area contributed by atoms with Crippen molar-refractivity contribution in [3.63, 3.8) is 0 Å². The van der Waals surface area contributed by atoms with Crippen molar-refractivity contribution < 1.29 is 4.74 Å². The molecule has 0 atom stereocenters. The number of imidazole rings is 1. The van der Waals surface area contributed by atoms with Gasteiger partial charge in [-0.25, -0.2) is 0 Å². The molecular formula is C35H28ClN3OS. The number of ether oxygens (including phenoxy) is 1. The van der Waals surface area contributed by atoms with Gasteiger partial charge in [0.15, 0.2) is 0 Å². The largest absolute Gasteiger partial charge is 0.457 e. The van der Waals surface area contributed by atoms with E-state index in [0.717, 1.165) is 59.3 Å². The molecule has 41 heavy (non-hydrogen) atoms. The fourth-order valence-corrected chi connectivity index (χ4v) is 6.24. The zero-order valence-electron chi connectivity index (χ0n) is 22.4. The molecule has 6 aromatic rings. The van der Waals surface area contributed by atoms with Gasteiger partial charge >= 0.3 is 0 Å². The summed E-state index contributed by atoms with van der Waals surface area (Å²) >= 11 is 12.4. The lowest BCUT2D eigenvalue weighted by Gasteiger charge is -2.13. The lowest BCUT2D eigenvalue weighted by atomic mass is 9.98. The van der Waals surface area contributed by atoms with E-state index in [1.807, 2.05) is 66.7 Å². The monoisotopic (exact) mass is 573 g/mol. The molecule has 4 nitrogen and oxygen atoms in total. The zero-order chi connectivity index (χ0) is 27.8. The Balaban J connectivity index is 1.32. The lowest BCUT2D eigenvalue weighted by Crippen LogP contribution is -2.14. The fraction of sp³-hybridized carbons (Fsp3) is 0.114. The van der Waals surface area contributed by atoms with E-state index in [-0.39, 0.29) is 0 Å². The minimum absolute atomic E-state index is 0.683. The molecule has 0 unspecified atom stereocenters. The van der Waals surface area contributed by atoms with Gasteiger partial charge in [-0.3, -0.25) is 4.40 Å². The SMILES string of the molecule is S=C(Nc1ccc(Oc2ccccc2)cc1)c1c(-c2ccccc2)c2c3n(c(-c4ccc(Cl)cc4)cn13)CCCC2. The van der Waals surface area contributed by atoms with Crippen LogP contribution in [0.5, 0.6) is 11.5 Å². The second-order valence-electron chi connectivity index (χ2n) is 10.3. The third-order valence-electron chi connectivity index (χ3n) is 7.64. The highest BCUT2D eigenvalue weighted by molar-refractivity contribution is 7.81. The Labute approximate surface area is 249 Å². The van der Waals surface area contributed by atoms with E-state index in [9.17, 15) is 0 Å². The number of para-hydroxylation sites is 1. The van der Waals surface area contributed by atoms with Crippen LogP contribution < -0.4 is 10.1 Å². The molecule has 0 radical (unpaired) electrons. The lowest BCUT2D eigenvalue weighted by molar-refractivity contribution is 0.483. The van der Waals surface area contributed by atoms with Crippen molar-refractivity contribution in [2.24, 2.45) is 0 Å². The Kier molecular flexibility index (Phi) is 6.83. The van der Waals surface area contributed by atoms with Gasteiger partial charge < -0.3 is 14.6 Å². The molecule has 4 aromatic carbocycles. The third-order valence-corrected chi connectivity index (χ3v) is 8.19. The molecule has 0 fully saturated rings. The normalized spacial score (nSPS) is 12.7. The van der Waals surface area contributed by atoms with E-state index in [4.69, 9.17) is 28.6 Å². The number of aromatic nitrogens is 2. The van der Waals surface area contributed by atoms with E-state index >= 15 is 0 Å². The fourth-order valence-electron chi connectivity index (χ4n) is 5.80. The molecule has 0 spiro atoms. The number of rotatable bonds is 6. The average Bonchev–Trinajstić information content (AvgIpc) is 3.42. The number of thiocarbonyl (C=S) groups is 1. The van der Waals surface area contributed by atoms with Gasteiger partial charge in [0, 0.05) is 34.6 Å². The highest BCUT2D eigenvalue weighted by Gasteiger charge is 2.28. The second-order valence-corrected chi connectivity index (χ2v) is 11.1. The van der Waals surface area contributed by atoms with Crippen molar-refractivity contribution in [2.45, 2.75) is 25.8 Å². The number of halogens is 1. The van der Waals surface area contributed by atoms with Gasteiger partial charge in [0.1, 0.15) is 22.1 Å². The van der Waals surface area contributed by atoms with Crippen LogP contribution in [0.4, 0.5) is 5.69 Å². The third kappa shape index (κ3) is 4.92. The zero-order valence-corrected chi connectivity index (χ0v) is 24.0. The smallest absolute Gasteiger partial charge is 0.128 e. The van der Waals surface area contributed by atoms with E-state index in [1.54, 1.807) is 0 Å². The van der Waals surface area contributed by atoms with Crippen molar-refractivity contribution in [1.82, 2.24) is 8.97 Å². The molecule has 6 heteroatoms. The predicted molar refractivity (Wildman–Crippen MR) is 172 cm³/mol. The Morgan fingerprint density at radius 2 is 1.44 bits per heavy atom. The summed E-state index contributed by atoms with van der Waals surface area (Å²) in [6, 6.07) is 36.5. The highest BCUT2D eigenvalue weighted by atomic mass is 35.5. The van der Waals surface area contributed by atoms with Crippen molar-refractivity contribution in [3.8, 4) is 33.9 Å². The van der Waals surface area contributed by atoms with Crippen LogP contribution in [0.25, 0.3) is 28.0 Å². The highest BCUT2D eigenvalue weighted by Crippen LogP contribution is 2.40. The number of nitrogens with one attached hydrogen (secondary N) is 1. The van der Waals surface area contributed by atoms with Crippen molar-refractivity contribution >= 4 is 40.1 Å². The summed E-state index contributed by atoms with van der Waals surface area (Å²) in [6.45, 7) is 0.961. The predicted octanol–water partition coefficient (Wildman–Crippen LogP) is 9.64. The van der Waals surface area contributed by atoms with Crippen LogP contribution >= 0.6 is 23.8 Å². The first-order valence-electron chi connectivity index (χ1n) is 13.9. The molecule has 0 bridgehead atoms. The summed E-state index contributed by atoms with van der Waals surface area (Å²) in [5.41, 5.74) is 9.19. The molecule has 0 saturated carbocycles. The number of benzene rings is 4. The van der Waals surface area contributed by atoms with Crippen LogP contribution in [0, 0.1) is 0 Å². The molecule has 3 heterocycles. The minimum atomic E-state index is 0.683. The van der Waals surface area contributed by atoms with Crippen LogP contribution in [0.1, 0.15) is 24.1 Å². The molecular weight excluding hydrogens is 546 g/mol. The number of hydrogen-bond acceptors (Lipinski definition) is 2. The number of nitrogens with zero attached hydrogens (tertiary/aromatic N) is 2. The number of aryl methyl sites for hydroxylation is 2.